The van der Waals surface area contributed by atoms with Crippen LogP contribution in [-0.4, -0.2) is 26.2 Å². The molecule has 0 bridgehead atoms. The van der Waals surface area contributed by atoms with Gasteiger partial charge in [0.05, 0.1) is 19.8 Å². The average molecular weight is 435 g/mol. The van der Waals surface area contributed by atoms with E-state index in [0.717, 1.165) is 44.2 Å². The Hall–Kier alpha value is -2.90. The first kappa shape index (κ1) is 22.8. The predicted octanol–water partition coefficient (Wildman–Crippen LogP) is 5.92. The summed E-state index contributed by atoms with van der Waals surface area (Å²) in [4.78, 5) is 13.2. The molecular formula is C23H26F3N2O3-. The number of nitrogens with zero attached hydrogens (tertiary/aromatic N) is 1. The topological polar surface area (TPSA) is 61.7 Å². The van der Waals surface area contributed by atoms with Crippen molar-refractivity contribution < 1.29 is 27.4 Å². The summed E-state index contributed by atoms with van der Waals surface area (Å²) in [5.74, 6) is 0.544. The van der Waals surface area contributed by atoms with Crippen molar-refractivity contribution in [3.05, 3.63) is 58.9 Å². The molecule has 5 nitrogen and oxygen atoms in total. The van der Waals surface area contributed by atoms with Crippen LogP contribution in [0.25, 0.3) is 5.32 Å². The molecule has 0 spiro atoms. The molecule has 1 N–H and O–H groups in total. The Morgan fingerprint density at radius 3 is 2.39 bits per heavy atom. The monoisotopic (exact) mass is 435 g/mol. The van der Waals surface area contributed by atoms with Gasteiger partial charge < -0.3 is 20.1 Å². The molecule has 0 aromatic heterocycles. The SMILES string of the molecule is COc1ccc(C([N-]c2cccc(C(F)(F)F)c2)C(=O)NC2CCCCC2)cc1OC. The van der Waals surface area contributed by atoms with Crippen LogP contribution < -0.4 is 14.8 Å². The summed E-state index contributed by atoms with van der Waals surface area (Å²) in [6.07, 6.45) is 0.490. The molecule has 8 heteroatoms. The number of rotatable bonds is 7. The number of carbonyl (C=O) groups is 1. The molecule has 1 aliphatic rings. The van der Waals surface area contributed by atoms with Crippen LogP contribution in [-0.2, 0) is 11.0 Å². The van der Waals surface area contributed by atoms with Crippen LogP contribution in [0.2, 0.25) is 0 Å². The molecule has 0 heterocycles. The van der Waals surface area contributed by atoms with Crippen LogP contribution in [0.3, 0.4) is 0 Å². The molecule has 3 rings (SSSR count). The molecule has 31 heavy (non-hydrogen) atoms. The lowest BCUT2D eigenvalue weighted by Crippen LogP contribution is -2.38. The maximum atomic E-state index is 13.2. The fourth-order valence-corrected chi connectivity index (χ4v) is 3.75. The van der Waals surface area contributed by atoms with E-state index >= 15 is 0 Å². The highest BCUT2D eigenvalue weighted by Gasteiger charge is 2.30. The fraction of sp³-hybridized carbons (Fsp3) is 0.435. The highest BCUT2D eigenvalue weighted by atomic mass is 19.4. The highest BCUT2D eigenvalue weighted by molar-refractivity contribution is 5.88. The first-order valence-corrected chi connectivity index (χ1v) is 10.2. The van der Waals surface area contributed by atoms with Gasteiger partial charge in [-0.05, 0) is 36.6 Å². The minimum atomic E-state index is -4.49. The molecule has 0 aliphatic heterocycles. The minimum absolute atomic E-state index is 0.0422. The average Bonchev–Trinajstić information content (AvgIpc) is 2.77. The van der Waals surface area contributed by atoms with Crippen LogP contribution >= 0.6 is 0 Å². The van der Waals surface area contributed by atoms with Gasteiger partial charge in [0.2, 0.25) is 5.91 Å². The summed E-state index contributed by atoms with van der Waals surface area (Å²) in [6, 6.07) is 8.63. The lowest BCUT2D eigenvalue weighted by molar-refractivity contribution is -0.137. The molecule has 1 fully saturated rings. The quantitative estimate of drug-likeness (QED) is 0.587. The smallest absolute Gasteiger partial charge is 0.416 e. The standard InChI is InChI=1S/C23H26F3N2O3/c1-30-19-12-11-15(13-20(19)31-2)21(22(29)28-17-8-4-3-5-9-17)27-18-10-6-7-16(14-18)23(24,25)26/h6-7,10-14,17,21H,3-5,8-9H2,1-2H3,(H,28,29)/q-1. The molecular weight excluding hydrogens is 409 g/mol. The van der Waals surface area contributed by atoms with Crippen molar-refractivity contribution in [1.82, 2.24) is 5.32 Å². The Kier molecular flexibility index (Phi) is 7.30. The molecule has 2 aromatic carbocycles. The van der Waals surface area contributed by atoms with E-state index < -0.39 is 17.8 Å². The molecule has 1 aliphatic carbocycles. The van der Waals surface area contributed by atoms with E-state index in [0.29, 0.717) is 17.1 Å². The molecule has 168 valence electrons. The van der Waals surface area contributed by atoms with E-state index in [9.17, 15) is 18.0 Å². The number of benzene rings is 2. The second-order valence-electron chi connectivity index (χ2n) is 7.54. The predicted molar refractivity (Wildman–Crippen MR) is 112 cm³/mol. The molecule has 1 saturated carbocycles. The number of ether oxygens (including phenoxy) is 2. The van der Waals surface area contributed by atoms with Crippen LogP contribution in [0.1, 0.15) is 49.3 Å². The molecule has 1 atom stereocenters. The summed E-state index contributed by atoms with van der Waals surface area (Å²) in [7, 11) is 2.97. The second-order valence-corrected chi connectivity index (χ2v) is 7.54. The maximum Gasteiger partial charge on any atom is 0.416 e. The zero-order valence-corrected chi connectivity index (χ0v) is 17.5. The Morgan fingerprint density at radius 1 is 1.03 bits per heavy atom. The lowest BCUT2D eigenvalue weighted by Gasteiger charge is -2.35. The number of methoxy groups -OCH3 is 2. The Bertz CT molecular complexity index is 896. The maximum absolute atomic E-state index is 13.2. The van der Waals surface area contributed by atoms with Crippen molar-refractivity contribution in [1.29, 1.82) is 0 Å². The van der Waals surface area contributed by atoms with Crippen molar-refractivity contribution >= 4 is 11.6 Å². The van der Waals surface area contributed by atoms with Gasteiger partial charge in [-0.1, -0.05) is 49.6 Å². The molecule has 2 aromatic rings. The summed E-state index contributed by atoms with van der Waals surface area (Å²) in [5.41, 5.74) is -0.232. The van der Waals surface area contributed by atoms with Crippen LogP contribution in [0.15, 0.2) is 42.5 Å². The zero-order chi connectivity index (χ0) is 22.4. The molecule has 0 radical (unpaired) electrons. The van der Waals surface area contributed by atoms with Crippen molar-refractivity contribution in [2.75, 3.05) is 14.2 Å². The van der Waals surface area contributed by atoms with Crippen LogP contribution in [0.5, 0.6) is 11.5 Å². The third-order valence-corrected chi connectivity index (χ3v) is 5.37. The van der Waals surface area contributed by atoms with Gasteiger partial charge in [0, 0.05) is 6.04 Å². The number of hydrogen-bond donors (Lipinski definition) is 1. The normalized spacial score (nSPS) is 15.8. The van der Waals surface area contributed by atoms with Crippen LogP contribution in [0.4, 0.5) is 18.9 Å². The van der Waals surface area contributed by atoms with Crippen molar-refractivity contribution in [2.24, 2.45) is 0 Å². The van der Waals surface area contributed by atoms with Gasteiger partial charge in [0.15, 0.2) is 11.5 Å². The zero-order valence-electron chi connectivity index (χ0n) is 17.5. The number of nitrogens with one attached hydrogen (secondary N) is 1. The number of amides is 1. The van der Waals surface area contributed by atoms with Crippen LogP contribution in [0, 0.1) is 0 Å². The number of hydrogen-bond acceptors (Lipinski definition) is 3. The van der Waals surface area contributed by atoms with Crippen molar-refractivity contribution in [2.45, 2.75) is 50.4 Å². The Labute approximate surface area is 179 Å². The third kappa shape index (κ3) is 5.83. The summed E-state index contributed by atoms with van der Waals surface area (Å²) in [5, 5.41) is 7.41. The van der Waals surface area contributed by atoms with Gasteiger partial charge >= 0.3 is 6.18 Å². The van der Waals surface area contributed by atoms with Gasteiger partial charge in [0.1, 0.15) is 0 Å². The van der Waals surface area contributed by atoms with E-state index in [2.05, 4.69) is 10.6 Å². The minimum Gasteiger partial charge on any atom is -0.670 e. The Morgan fingerprint density at radius 2 is 1.74 bits per heavy atom. The third-order valence-electron chi connectivity index (χ3n) is 5.37. The first-order valence-electron chi connectivity index (χ1n) is 10.2. The van der Waals surface area contributed by atoms with E-state index in [1.54, 1.807) is 18.2 Å². The Balaban J connectivity index is 1.91. The summed E-state index contributed by atoms with van der Waals surface area (Å²) < 4.78 is 49.9. The van der Waals surface area contributed by atoms with E-state index in [-0.39, 0.29) is 17.6 Å². The molecule has 0 saturated heterocycles. The molecule has 1 unspecified atom stereocenters. The van der Waals surface area contributed by atoms with Gasteiger partial charge in [-0.3, -0.25) is 4.79 Å². The van der Waals surface area contributed by atoms with E-state index in [1.807, 2.05) is 0 Å². The fourth-order valence-electron chi connectivity index (χ4n) is 3.75. The van der Waals surface area contributed by atoms with Gasteiger partial charge in [0.25, 0.3) is 0 Å². The highest BCUT2D eigenvalue weighted by Crippen LogP contribution is 2.39. The number of carbonyl (C=O) groups excluding carboxylic acids is 1. The summed E-state index contributed by atoms with van der Waals surface area (Å²) in [6.45, 7) is 0. The van der Waals surface area contributed by atoms with Crippen molar-refractivity contribution in [3.63, 3.8) is 0 Å². The van der Waals surface area contributed by atoms with Gasteiger partial charge in [-0.25, -0.2) is 0 Å². The molecule has 1 amide bonds. The first-order chi connectivity index (χ1) is 14.8. The van der Waals surface area contributed by atoms with E-state index in [4.69, 9.17) is 9.47 Å². The van der Waals surface area contributed by atoms with E-state index in [1.165, 1.54) is 26.4 Å². The van der Waals surface area contributed by atoms with Crippen molar-refractivity contribution in [3.8, 4) is 11.5 Å². The van der Waals surface area contributed by atoms with Gasteiger partial charge in [-0.15, -0.1) is 5.69 Å². The number of halogens is 3. The largest absolute Gasteiger partial charge is 0.670 e. The number of alkyl halides is 3. The summed E-state index contributed by atoms with van der Waals surface area (Å²) >= 11 is 0. The van der Waals surface area contributed by atoms with Gasteiger partial charge in [-0.2, -0.15) is 13.2 Å². The second kappa shape index (κ2) is 9.94. The lowest BCUT2D eigenvalue weighted by atomic mass is 9.95.